The van der Waals surface area contributed by atoms with Gasteiger partial charge in [-0.25, -0.2) is 9.97 Å². The first-order valence-corrected chi connectivity index (χ1v) is 7.37. The molecule has 7 heteroatoms. The third-order valence-corrected chi connectivity index (χ3v) is 4.45. The third-order valence-electron chi connectivity index (χ3n) is 3.64. The number of carbonyl (C=O) groups excluding carboxylic acids is 1. The molecular formula is C13H14IN5O. The molecule has 20 heavy (non-hydrogen) atoms. The van der Waals surface area contributed by atoms with Crippen molar-refractivity contribution < 1.29 is 4.79 Å². The molecule has 1 fully saturated rings. The van der Waals surface area contributed by atoms with Gasteiger partial charge in [-0.05, 0) is 35.1 Å². The van der Waals surface area contributed by atoms with Crippen LogP contribution in [0.3, 0.4) is 0 Å². The molecule has 3 heterocycles. The Morgan fingerprint density at radius 2 is 2.35 bits per heavy atom. The van der Waals surface area contributed by atoms with Crippen molar-refractivity contribution in [2.24, 2.45) is 0 Å². The van der Waals surface area contributed by atoms with Crippen LogP contribution in [0.1, 0.15) is 12.5 Å². The lowest BCUT2D eigenvalue weighted by atomic mass is 10.2. The highest BCUT2D eigenvalue weighted by molar-refractivity contribution is 14.1. The molecule has 1 saturated heterocycles. The molecule has 0 bridgehead atoms. The Morgan fingerprint density at radius 1 is 1.55 bits per heavy atom. The highest BCUT2D eigenvalue weighted by Crippen LogP contribution is 2.31. The molecule has 1 unspecified atom stereocenters. The topological polar surface area (TPSA) is 77.0 Å². The molecule has 0 aliphatic carbocycles. The third kappa shape index (κ3) is 2.05. The minimum atomic E-state index is -0.0206. The summed E-state index contributed by atoms with van der Waals surface area (Å²) in [4.78, 5) is 21.8. The molecule has 1 aliphatic heterocycles. The minimum Gasteiger partial charge on any atom is -0.383 e. The first kappa shape index (κ1) is 13.3. The minimum absolute atomic E-state index is 0.0206. The molecule has 0 spiro atoms. The fraction of sp³-hybridized carbons (Fsp3) is 0.308. The number of aromatic nitrogens is 3. The van der Waals surface area contributed by atoms with Gasteiger partial charge in [0.2, 0.25) is 5.91 Å². The first-order chi connectivity index (χ1) is 9.61. The molecule has 1 atom stereocenters. The summed E-state index contributed by atoms with van der Waals surface area (Å²) in [6, 6.07) is 0.221. The van der Waals surface area contributed by atoms with E-state index in [4.69, 9.17) is 5.73 Å². The SMILES string of the molecule is C=CC(=O)N1CCC(n2cc(I)c3c(N)ncnc32)C1. The van der Waals surface area contributed by atoms with Crippen LogP contribution in [0.2, 0.25) is 0 Å². The van der Waals surface area contributed by atoms with Crippen molar-refractivity contribution in [3.8, 4) is 0 Å². The second kappa shape index (κ2) is 5.04. The summed E-state index contributed by atoms with van der Waals surface area (Å²) in [5, 5.41) is 0.890. The molecule has 2 aromatic rings. The van der Waals surface area contributed by atoms with Crippen molar-refractivity contribution in [1.29, 1.82) is 0 Å². The predicted molar refractivity (Wildman–Crippen MR) is 85.1 cm³/mol. The van der Waals surface area contributed by atoms with Gasteiger partial charge in [0.25, 0.3) is 0 Å². The van der Waals surface area contributed by atoms with Crippen LogP contribution in [0.15, 0.2) is 25.2 Å². The van der Waals surface area contributed by atoms with Crippen LogP contribution >= 0.6 is 22.6 Å². The standard InChI is InChI=1S/C13H14IN5O/c1-2-10(20)18-4-3-8(5-18)19-6-9(14)11-12(15)16-7-17-13(11)19/h2,6-8H,1,3-5H2,(H2,15,16,17). The lowest BCUT2D eigenvalue weighted by Crippen LogP contribution is -2.27. The molecule has 104 valence electrons. The zero-order valence-corrected chi connectivity index (χ0v) is 12.9. The molecule has 2 N–H and O–H groups in total. The quantitative estimate of drug-likeness (QED) is 0.631. The zero-order chi connectivity index (χ0) is 14.3. The van der Waals surface area contributed by atoms with E-state index in [2.05, 4.69) is 43.7 Å². The van der Waals surface area contributed by atoms with Gasteiger partial charge < -0.3 is 15.2 Å². The predicted octanol–water partition coefficient (Wildman–Crippen LogP) is 1.58. The lowest BCUT2D eigenvalue weighted by molar-refractivity contribution is -0.125. The molecular weight excluding hydrogens is 369 g/mol. The number of fused-ring (bicyclic) bond motifs is 1. The van der Waals surface area contributed by atoms with Crippen molar-refractivity contribution in [2.75, 3.05) is 18.8 Å². The fourth-order valence-corrected chi connectivity index (χ4v) is 3.46. The average molecular weight is 383 g/mol. The summed E-state index contributed by atoms with van der Waals surface area (Å²) in [5.41, 5.74) is 6.75. The molecule has 2 aromatic heterocycles. The van der Waals surface area contributed by atoms with E-state index in [1.165, 1.54) is 12.4 Å². The number of hydrogen-bond acceptors (Lipinski definition) is 4. The van der Waals surface area contributed by atoms with Gasteiger partial charge in [0.05, 0.1) is 11.4 Å². The smallest absolute Gasteiger partial charge is 0.246 e. The van der Waals surface area contributed by atoms with Gasteiger partial charge in [-0.1, -0.05) is 6.58 Å². The van der Waals surface area contributed by atoms with Crippen molar-refractivity contribution in [3.63, 3.8) is 0 Å². The van der Waals surface area contributed by atoms with E-state index < -0.39 is 0 Å². The largest absolute Gasteiger partial charge is 0.383 e. The van der Waals surface area contributed by atoms with Crippen molar-refractivity contribution in [2.45, 2.75) is 12.5 Å². The van der Waals surface area contributed by atoms with E-state index in [-0.39, 0.29) is 11.9 Å². The van der Waals surface area contributed by atoms with Crippen molar-refractivity contribution in [1.82, 2.24) is 19.4 Å². The van der Waals surface area contributed by atoms with Crippen molar-refractivity contribution in [3.05, 3.63) is 28.7 Å². The number of anilines is 1. The van der Waals surface area contributed by atoms with Crippen molar-refractivity contribution >= 4 is 45.3 Å². The Balaban J connectivity index is 1.98. The Morgan fingerprint density at radius 3 is 3.10 bits per heavy atom. The van der Waals surface area contributed by atoms with Crippen LogP contribution < -0.4 is 5.73 Å². The summed E-state index contributed by atoms with van der Waals surface area (Å²) in [6.45, 7) is 4.95. The Bertz CT molecular complexity index is 695. The van der Waals surface area contributed by atoms with E-state index in [9.17, 15) is 4.79 Å². The zero-order valence-electron chi connectivity index (χ0n) is 10.8. The number of nitrogen functional groups attached to an aromatic ring is 1. The number of halogens is 1. The van der Waals surface area contributed by atoms with Gasteiger partial charge in [0, 0.05) is 22.9 Å². The average Bonchev–Trinajstić information content (AvgIpc) is 3.04. The molecule has 0 radical (unpaired) electrons. The highest BCUT2D eigenvalue weighted by Gasteiger charge is 2.28. The number of carbonyl (C=O) groups is 1. The number of rotatable bonds is 2. The molecule has 0 saturated carbocycles. The van der Waals surface area contributed by atoms with E-state index in [1.54, 1.807) is 4.90 Å². The summed E-state index contributed by atoms with van der Waals surface area (Å²) < 4.78 is 3.13. The summed E-state index contributed by atoms with van der Waals surface area (Å²) in [6.07, 6.45) is 5.78. The molecule has 3 rings (SSSR count). The second-order valence-electron chi connectivity index (χ2n) is 4.77. The second-order valence-corrected chi connectivity index (χ2v) is 5.93. The van der Waals surface area contributed by atoms with Gasteiger partial charge in [0.1, 0.15) is 17.8 Å². The van der Waals surface area contributed by atoms with Gasteiger partial charge in [0.15, 0.2) is 0 Å². The molecule has 6 nitrogen and oxygen atoms in total. The van der Waals surface area contributed by atoms with E-state index >= 15 is 0 Å². The molecule has 1 amide bonds. The number of nitrogens with zero attached hydrogens (tertiary/aromatic N) is 4. The Hall–Kier alpha value is -1.64. The maximum Gasteiger partial charge on any atom is 0.246 e. The van der Waals surface area contributed by atoms with E-state index in [0.29, 0.717) is 12.4 Å². The Labute approximate surface area is 129 Å². The van der Waals surface area contributed by atoms with Gasteiger partial charge in [-0.3, -0.25) is 4.79 Å². The fourth-order valence-electron chi connectivity index (χ4n) is 2.64. The van der Waals surface area contributed by atoms with E-state index in [1.807, 2.05) is 6.20 Å². The van der Waals surface area contributed by atoms with Gasteiger partial charge in [-0.2, -0.15) is 0 Å². The summed E-state index contributed by atoms with van der Waals surface area (Å²) in [5.74, 6) is 0.475. The number of nitrogens with two attached hydrogens (primary N) is 1. The van der Waals surface area contributed by atoms with Crippen LogP contribution in [0, 0.1) is 3.57 Å². The number of likely N-dealkylation sites (tertiary alicyclic amines) is 1. The van der Waals surface area contributed by atoms with E-state index in [0.717, 1.165) is 27.6 Å². The summed E-state index contributed by atoms with van der Waals surface area (Å²) in [7, 11) is 0. The van der Waals surface area contributed by atoms with Gasteiger partial charge in [-0.15, -0.1) is 0 Å². The van der Waals surface area contributed by atoms with Crippen LogP contribution in [0.5, 0.6) is 0 Å². The summed E-state index contributed by atoms with van der Waals surface area (Å²) >= 11 is 2.24. The molecule has 0 aromatic carbocycles. The lowest BCUT2D eigenvalue weighted by Gasteiger charge is -2.15. The van der Waals surface area contributed by atoms with Crippen LogP contribution in [-0.4, -0.2) is 38.4 Å². The van der Waals surface area contributed by atoms with Crippen LogP contribution in [0.25, 0.3) is 11.0 Å². The number of hydrogen-bond donors (Lipinski definition) is 1. The highest BCUT2D eigenvalue weighted by atomic mass is 127. The normalized spacial score (nSPS) is 18.6. The van der Waals surface area contributed by atoms with Crippen LogP contribution in [-0.2, 0) is 4.79 Å². The van der Waals surface area contributed by atoms with Gasteiger partial charge >= 0.3 is 0 Å². The van der Waals surface area contributed by atoms with Crippen LogP contribution in [0.4, 0.5) is 5.82 Å². The monoisotopic (exact) mass is 383 g/mol. The number of amides is 1. The molecule has 1 aliphatic rings. The maximum atomic E-state index is 11.7. The maximum absolute atomic E-state index is 11.7. The first-order valence-electron chi connectivity index (χ1n) is 6.29. The Kier molecular flexibility index (Phi) is 3.36.